The topological polar surface area (TPSA) is 68.5 Å². The third-order valence-corrected chi connectivity index (χ3v) is 4.26. The van der Waals surface area contributed by atoms with Gasteiger partial charge in [-0.2, -0.15) is 0 Å². The molecule has 116 valence electrons. The lowest BCUT2D eigenvalue weighted by atomic mass is 9.96. The molecule has 1 amide bonds. The van der Waals surface area contributed by atoms with Gasteiger partial charge in [-0.05, 0) is 24.0 Å². The summed E-state index contributed by atoms with van der Waals surface area (Å²) in [6, 6.07) is 7.90. The molecule has 0 radical (unpaired) electrons. The molecule has 1 saturated heterocycles. The largest absolute Gasteiger partial charge is 0.398 e. The van der Waals surface area contributed by atoms with E-state index in [4.69, 9.17) is 10.5 Å². The highest BCUT2D eigenvalue weighted by Crippen LogP contribution is 2.27. The highest BCUT2D eigenvalue weighted by molar-refractivity contribution is 5.91. The van der Waals surface area contributed by atoms with Crippen LogP contribution in [0.3, 0.4) is 0 Å². The van der Waals surface area contributed by atoms with Crippen molar-refractivity contribution in [3.05, 3.63) is 36.0 Å². The van der Waals surface area contributed by atoms with E-state index in [1.165, 1.54) is 0 Å². The number of fused-ring (bicyclic) bond motifs is 1. The average Bonchev–Trinajstić information content (AvgIpc) is 2.86. The van der Waals surface area contributed by atoms with Gasteiger partial charge in [0.05, 0.1) is 12.1 Å². The molecule has 1 aliphatic heterocycles. The lowest BCUT2D eigenvalue weighted by molar-refractivity contribution is -0.128. The van der Waals surface area contributed by atoms with Gasteiger partial charge in [-0.1, -0.05) is 18.2 Å². The predicted octanol–water partition coefficient (Wildman–Crippen LogP) is 1.85. The van der Waals surface area contributed by atoms with Gasteiger partial charge in [0.2, 0.25) is 5.91 Å². The molecule has 1 fully saturated rings. The number of hydrogen-bond donors (Lipinski definition) is 1. The van der Waals surface area contributed by atoms with Crippen molar-refractivity contribution < 1.29 is 9.53 Å². The fourth-order valence-corrected chi connectivity index (χ4v) is 3.14. The van der Waals surface area contributed by atoms with E-state index in [-0.39, 0.29) is 5.91 Å². The number of rotatable bonds is 5. The Labute approximate surface area is 130 Å². The molecule has 5 heteroatoms. The lowest BCUT2D eigenvalue weighted by Crippen LogP contribution is -2.28. The highest BCUT2D eigenvalue weighted by Gasteiger charge is 2.29. The number of likely N-dealkylation sites (tertiary alicyclic amines) is 1. The first-order chi connectivity index (χ1) is 10.7. The summed E-state index contributed by atoms with van der Waals surface area (Å²) in [4.78, 5) is 18.4. The molecule has 1 aliphatic rings. The first-order valence-corrected chi connectivity index (χ1v) is 7.58. The van der Waals surface area contributed by atoms with Crippen molar-refractivity contribution in [2.24, 2.45) is 5.92 Å². The van der Waals surface area contributed by atoms with Crippen LogP contribution in [0.2, 0.25) is 0 Å². The minimum Gasteiger partial charge on any atom is -0.398 e. The number of pyridine rings is 1. The molecular weight excluding hydrogens is 278 g/mol. The maximum absolute atomic E-state index is 12.0. The summed E-state index contributed by atoms with van der Waals surface area (Å²) >= 11 is 0. The summed E-state index contributed by atoms with van der Waals surface area (Å²) in [7, 11) is 1.66. The average molecular weight is 299 g/mol. The summed E-state index contributed by atoms with van der Waals surface area (Å²) in [6.07, 6.45) is 3.19. The van der Waals surface area contributed by atoms with Crippen molar-refractivity contribution in [3.8, 4) is 0 Å². The van der Waals surface area contributed by atoms with Crippen LogP contribution in [0.15, 0.2) is 30.5 Å². The zero-order valence-electron chi connectivity index (χ0n) is 12.8. The molecule has 3 rings (SSSR count). The third-order valence-electron chi connectivity index (χ3n) is 4.26. The molecule has 0 spiro atoms. The van der Waals surface area contributed by atoms with Gasteiger partial charge in [0.25, 0.3) is 0 Å². The van der Waals surface area contributed by atoms with Crippen LogP contribution in [-0.2, 0) is 16.0 Å². The quantitative estimate of drug-likeness (QED) is 0.915. The van der Waals surface area contributed by atoms with Crippen LogP contribution >= 0.6 is 0 Å². The zero-order valence-corrected chi connectivity index (χ0v) is 12.8. The van der Waals surface area contributed by atoms with Gasteiger partial charge in [-0.25, -0.2) is 0 Å². The second-order valence-electron chi connectivity index (χ2n) is 5.82. The minimum absolute atomic E-state index is 0.217. The normalized spacial score (nSPS) is 18.3. The number of nitrogens with two attached hydrogens (primary N) is 1. The van der Waals surface area contributed by atoms with Gasteiger partial charge in [0.15, 0.2) is 0 Å². The fraction of sp³-hybridized carbons (Fsp3) is 0.412. The Morgan fingerprint density at radius 1 is 1.41 bits per heavy atom. The second-order valence-corrected chi connectivity index (χ2v) is 5.82. The van der Waals surface area contributed by atoms with Gasteiger partial charge >= 0.3 is 0 Å². The van der Waals surface area contributed by atoms with Crippen LogP contribution in [0, 0.1) is 5.92 Å². The molecule has 0 saturated carbocycles. The summed E-state index contributed by atoms with van der Waals surface area (Å²) in [6.45, 7) is 2.05. The lowest BCUT2D eigenvalue weighted by Gasteiger charge is -2.16. The van der Waals surface area contributed by atoms with Crippen LogP contribution in [0.1, 0.15) is 12.0 Å². The monoisotopic (exact) mass is 299 g/mol. The summed E-state index contributed by atoms with van der Waals surface area (Å²) in [5.74, 6) is 0.549. The smallest absolute Gasteiger partial charge is 0.223 e. The first-order valence-electron chi connectivity index (χ1n) is 7.58. The van der Waals surface area contributed by atoms with E-state index in [1.54, 1.807) is 13.3 Å². The second kappa shape index (κ2) is 6.32. The number of amides is 1. The molecule has 0 aliphatic carbocycles. The Bertz CT molecular complexity index is 687. The number of aromatic nitrogens is 1. The van der Waals surface area contributed by atoms with E-state index in [2.05, 4.69) is 11.1 Å². The number of hydrogen-bond acceptors (Lipinski definition) is 4. The van der Waals surface area contributed by atoms with Crippen molar-refractivity contribution in [2.75, 3.05) is 32.5 Å². The maximum atomic E-state index is 12.0. The summed E-state index contributed by atoms with van der Waals surface area (Å²) < 4.78 is 5.06. The Balaban J connectivity index is 1.77. The van der Waals surface area contributed by atoms with E-state index >= 15 is 0 Å². The van der Waals surface area contributed by atoms with Crippen LogP contribution in [0.4, 0.5) is 5.69 Å². The van der Waals surface area contributed by atoms with Crippen LogP contribution < -0.4 is 5.73 Å². The minimum atomic E-state index is 0.217. The maximum Gasteiger partial charge on any atom is 0.223 e. The standard InChI is InChI=1S/C17H21N3O2/c1-22-8-7-20-11-12(10-16(20)21)9-13-3-2-4-14-15(18)5-6-19-17(13)14/h2-6,12H,7-11H2,1H3,(H2,18,19)/t12-/m1/s1. The Kier molecular flexibility index (Phi) is 4.24. The molecule has 22 heavy (non-hydrogen) atoms. The molecule has 1 atom stereocenters. The first kappa shape index (κ1) is 14.8. The molecule has 2 aromatic rings. The van der Waals surface area contributed by atoms with E-state index in [9.17, 15) is 4.79 Å². The van der Waals surface area contributed by atoms with Crippen LogP contribution in [0.25, 0.3) is 10.9 Å². The number of carbonyl (C=O) groups excluding carboxylic acids is 1. The Morgan fingerprint density at radius 3 is 3.09 bits per heavy atom. The number of para-hydroxylation sites is 1. The SMILES string of the molecule is COCCN1C[C@H](Cc2cccc3c(N)ccnc23)CC1=O. The van der Waals surface area contributed by atoms with Gasteiger partial charge in [0, 0.05) is 43.9 Å². The molecule has 0 unspecified atom stereocenters. The molecule has 2 N–H and O–H groups in total. The molecule has 5 nitrogen and oxygen atoms in total. The van der Waals surface area contributed by atoms with Crippen molar-refractivity contribution in [1.29, 1.82) is 0 Å². The number of carbonyl (C=O) groups is 1. The zero-order chi connectivity index (χ0) is 15.5. The third kappa shape index (κ3) is 2.90. The van der Waals surface area contributed by atoms with Crippen molar-refractivity contribution >= 4 is 22.5 Å². The van der Waals surface area contributed by atoms with Crippen LogP contribution in [-0.4, -0.2) is 42.6 Å². The number of anilines is 1. The van der Waals surface area contributed by atoms with E-state index in [0.29, 0.717) is 25.5 Å². The fourth-order valence-electron chi connectivity index (χ4n) is 3.14. The highest BCUT2D eigenvalue weighted by atomic mass is 16.5. The summed E-state index contributed by atoms with van der Waals surface area (Å²) in [5, 5.41) is 0.987. The molecular formula is C17H21N3O2. The molecule has 0 bridgehead atoms. The predicted molar refractivity (Wildman–Crippen MR) is 86.4 cm³/mol. The summed E-state index contributed by atoms with van der Waals surface area (Å²) in [5.41, 5.74) is 8.87. The van der Waals surface area contributed by atoms with Crippen molar-refractivity contribution in [3.63, 3.8) is 0 Å². The molecule has 1 aromatic carbocycles. The van der Waals surface area contributed by atoms with Crippen LogP contribution in [0.5, 0.6) is 0 Å². The van der Waals surface area contributed by atoms with Gasteiger partial charge in [-0.15, -0.1) is 0 Å². The Hall–Kier alpha value is -2.14. The van der Waals surface area contributed by atoms with E-state index in [1.807, 2.05) is 23.1 Å². The van der Waals surface area contributed by atoms with Gasteiger partial charge in [0.1, 0.15) is 0 Å². The van der Waals surface area contributed by atoms with Crippen molar-refractivity contribution in [1.82, 2.24) is 9.88 Å². The van der Waals surface area contributed by atoms with E-state index < -0.39 is 0 Å². The number of nitrogens with zero attached hydrogens (tertiary/aromatic N) is 2. The van der Waals surface area contributed by atoms with Gasteiger partial charge in [-0.3, -0.25) is 9.78 Å². The Morgan fingerprint density at radius 2 is 2.27 bits per heavy atom. The van der Waals surface area contributed by atoms with Crippen molar-refractivity contribution in [2.45, 2.75) is 12.8 Å². The molecule has 1 aromatic heterocycles. The van der Waals surface area contributed by atoms with Gasteiger partial charge < -0.3 is 15.4 Å². The number of methoxy groups -OCH3 is 1. The number of benzene rings is 1. The number of nitrogen functional groups attached to an aromatic ring is 1. The number of ether oxygens (including phenoxy) is 1. The molecule has 2 heterocycles. The van der Waals surface area contributed by atoms with E-state index in [0.717, 1.165) is 35.1 Å².